The van der Waals surface area contributed by atoms with E-state index in [2.05, 4.69) is 14.8 Å². The molecule has 1 atom stereocenters. The van der Waals surface area contributed by atoms with Gasteiger partial charge in [0, 0.05) is 18.3 Å². The highest BCUT2D eigenvalue weighted by Crippen LogP contribution is 2.24. The molecular formula is C15H13N3O4. The molecule has 112 valence electrons. The fourth-order valence-corrected chi connectivity index (χ4v) is 2.07. The van der Waals surface area contributed by atoms with Crippen molar-refractivity contribution in [2.75, 3.05) is 7.11 Å². The summed E-state index contributed by atoms with van der Waals surface area (Å²) in [4.78, 5) is 4.05. The van der Waals surface area contributed by atoms with E-state index in [-0.39, 0.29) is 5.69 Å². The van der Waals surface area contributed by atoms with E-state index in [0.29, 0.717) is 17.1 Å². The maximum Gasteiger partial charge on any atom is 0.274 e. The monoisotopic (exact) mass is 299 g/mol. The van der Waals surface area contributed by atoms with E-state index in [4.69, 9.17) is 4.74 Å². The van der Waals surface area contributed by atoms with Gasteiger partial charge in [-0.3, -0.25) is 4.98 Å². The minimum atomic E-state index is -1.23. The Morgan fingerprint density at radius 1 is 1.23 bits per heavy atom. The van der Waals surface area contributed by atoms with Crippen molar-refractivity contribution in [3.8, 4) is 17.4 Å². The quantitative estimate of drug-likeness (QED) is 0.705. The first-order valence-electron chi connectivity index (χ1n) is 6.53. The molecule has 22 heavy (non-hydrogen) atoms. The lowest BCUT2D eigenvalue weighted by molar-refractivity contribution is -0.680. The van der Waals surface area contributed by atoms with E-state index in [0.717, 1.165) is 0 Å². The normalized spacial score (nSPS) is 12.1. The Morgan fingerprint density at radius 2 is 2.00 bits per heavy atom. The van der Waals surface area contributed by atoms with E-state index in [9.17, 15) is 10.2 Å². The van der Waals surface area contributed by atoms with Gasteiger partial charge in [-0.05, 0) is 28.9 Å². The molecule has 1 N–H and O–H groups in total. The molecule has 0 bridgehead atoms. The Balaban J connectivity index is 2.03. The zero-order chi connectivity index (χ0) is 15.5. The van der Waals surface area contributed by atoms with Gasteiger partial charge in [0.2, 0.25) is 5.69 Å². The third-order valence-electron chi connectivity index (χ3n) is 3.19. The highest BCUT2D eigenvalue weighted by atomic mass is 16.6. The molecule has 3 rings (SSSR count). The van der Waals surface area contributed by atoms with Crippen LogP contribution in [0.4, 0.5) is 0 Å². The number of ether oxygens (including phenoxy) is 1. The summed E-state index contributed by atoms with van der Waals surface area (Å²) in [5.74, 6) is -0.0454. The summed E-state index contributed by atoms with van der Waals surface area (Å²) in [7, 11) is 1.56. The second-order valence-electron chi connectivity index (χ2n) is 4.51. The number of benzene rings is 1. The molecule has 1 aromatic carbocycles. The summed E-state index contributed by atoms with van der Waals surface area (Å²) < 4.78 is 11.0. The standard InChI is InChI=1S/C15H13N3O4/c1-21-11-7-5-10(6-8-11)18-13(15(20)22-17-18)14(19)12-4-2-3-9-16-12/h2-9,14,19H,1H3. The zero-order valence-electron chi connectivity index (χ0n) is 11.7. The number of hydrogen-bond acceptors (Lipinski definition) is 6. The van der Waals surface area contributed by atoms with Gasteiger partial charge in [-0.15, -0.1) is 0 Å². The van der Waals surface area contributed by atoms with Crippen molar-refractivity contribution >= 4 is 0 Å². The van der Waals surface area contributed by atoms with Gasteiger partial charge in [0.05, 0.1) is 18.1 Å². The molecule has 2 aromatic heterocycles. The maximum absolute atomic E-state index is 11.9. The van der Waals surface area contributed by atoms with Crippen molar-refractivity contribution < 1.29 is 24.2 Å². The van der Waals surface area contributed by atoms with Crippen molar-refractivity contribution in [2.45, 2.75) is 6.10 Å². The molecule has 7 heteroatoms. The molecule has 3 aromatic rings. The molecule has 7 nitrogen and oxygen atoms in total. The van der Waals surface area contributed by atoms with Gasteiger partial charge in [0.25, 0.3) is 5.69 Å². The fraction of sp³-hybridized carbons (Fsp3) is 0.133. The Bertz CT molecular complexity index is 756. The summed E-state index contributed by atoms with van der Waals surface area (Å²) >= 11 is 0. The van der Waals surface area contributed by atoms with Crippen molar-refractivity contribution in [1.29, 1.82) is 0 Å². The summed E-state index contributed by atoms with van der Waals surface area (Å²) in [6, 6.07) is 11.9. The Kier molecular flexibility index (Phi) is 3.71. The Labute approximate surface area is 126 Å². The Morgan fingerprint density at radius 3 is 2.64 bits per heavy atom. The number of aromatic nitrogens is 3. The van der Waals surface area contributed by atoms with Crippen LogP contribution in [0.2, 0.25) is 0 Å². The topological polar surface area (TPSA) is 95.3 Å². The molecule has 0 spiro atoms. The van der Waals surface area contributed by atoms with Crippen LogP contribution >= 0.6 is 0 Å². The first kappa shape index (κ1) is 14.0. The van der Waals surface area contributed by atoms with Crippen LogP contribution in [0.5, 0.6) is 11.7 Å². The molecule has 0 aliphatic heterocycles. The van der Waals surface area contributed by atoms with E-state index < -0.39 is 12.1 Å². The number of hydrogen-bond donors (Lipinski definition) is 1. The lowest BCUT2D eigenvalue weighted by Crippen LogP contribution is -2.38. The van der Waals surface area contributed by atoms with Crippen molar-refractivity contribution in [1.82, 2.24) is 10.3 Å². The minimum Gasteiger partial charge on any atom is -0.539 e. The maximum atomic E-state index is 11.9. The van der Waals surface area contributed by atoms with Crippen LogP contribution in [-0.2, 0) is 0 Å². The van der Waals surface area contributed by atoms with E-state index >= 15 is 0 Å². The van der Waals surface area contributed by atoms with Crippen LogP contribution < -0.4 is 14.5 Å². The predicted molar refractivity (Wildman–Crippen MR) is 72.3 cm³/mol. The second-order valence-corrected chi connectivity index (χ2v) is 4.51. The van der Waals surface area contributed by atoms with Crippen molar-refractivity contribution in [2.24, 2.45) is 0 Å². The smallest absolute Gasteiger partial charge is 0.274 e. The van der Waals surface area contributed by atoms with E-state index in [1.165, 1.54) is 10.9 Å². The number of methoxy groups -OCH3 is 1. The molecule has 0 radical (unpaired) electrons. The van der Waals surface area contributed by atoms with Crippen molar-refractivity contribution in [3.63, 3.8) is 0 Å². The van der Waals surface area contributed by atoms with Gasteiger partial charge >= 0.3 is 0 Å². The summed E-state index contributed by atoms with van der Waals surface area (Å²) in [5.41, 5.74) is 0.894. The molecule has 2 heterocycles. The highest BCUT2D eigenvalue weighted by molar-refractivity contribution is 5.32. The molecule has 0 aliphatic rings. The SMILES string of the molecule is COc1ccc(-[n+]2noc([O-])c2C(O)c2ccccn2)cc1. The molecule has 0 fully saturated rings. The van der Waals surface area contributed by atoms with Crippen LogP contribution in [0.3, 0.4) is 0 Å². The number of pyridine rings is 1. The van der Waals surface area contributed by atoms with Crippen molar-refractivity contribution in [3.05, 3.63) is 60.0 Å². The van der Waals surface area contributed by atoms with Gasteiger partial charge in [0.1, 0.15) is 5.75 Å². The van der Waals surface area contributed by atoms with Crippen LogP contribution in [0.1, 0.15) is 17.5 Å². The van der Waals surface area contributed by atoms with Gasteiger partial charge in [0.15, 0.2) is 12.1 Å². The molecule has 0 saturated heterocycles. The summed E-state index contributed by atoms with van der Waals surface area (Å²) in [6.07, 6.45) is 0.302. The van der Waals surface area contributed by atoms with Gasteiger partial charge in [-0.2, -0.15) is 0 Å². The number of nitrogens with zero attached hydrogens (tertiary/aromatic N) is 3. The second kappa shape index (κ2) is 5.82. The third-order valence-corrected chi connectivity index (χ3v) is 3.19. The summed E-state index contributed by atoms with van der Waals surface area (Å²) in [5, 5.41) is 26.0. The lowest BCUT2D eigenvalue weighted by atomic mass is 10.1. The predicted octanol–water partition coefficient (Wildman–Crippen LogP) is 0.510. The highest BCUT2D eigenvalue weighted by Gasteiger charge is 2.29. The first-order chi connectivity index (χ1) is 10.7. The number of rotatable bonds is 4. The van der Waals surface area contributed by atoms with Crippen LogP contribution in [-0.4, -0.2) is 22.5 Å². The molecule has 0 saturated carbocycles. The van der Waals surface area contributed by atoms with Crippen LogP contribution in [0.25, 0.3) is 5.69 Å². The number of aliphatic hydroxyl groups excluding tert-OH is 1. The molecule has 0 amide bonds. The van der Waals surface area contributed by atoms with E-state index in [1.54, 1.807) is 49.6 Å². The average molecular weight is 299 g/mol. The molecule has 1 unspecified atom stereocenters. The Hall–Kier alpha value is -2.93. The number of aliphatic hydroxyl groups is 1. The lowest BCUT2D eigenvalue weighted by Gasteiger charge is -2.06. The fourth-order valence-electron chi connectivity index (χ4n) is 2.07. The van der Waals surface area contributed by atoms with Gasteiger partial charge in [-0.1, -0.05) is 6.07 Å². The average Bonchev–Trinajstić information content (AvgIpc) is 2.96. The minimum absolute atomic E-state index is 0.0103. The molecular weight excluding hydrogens is 286 g/mol. The summed E-state index contributed by atoms with van der Waals surface area (Å²) in [6.45, 7) is 0. The first-order valence-corrected chi connectivity index (χ1v) is 6.53. The van der Waals surface area contributed by atoms with Crippen LogP contribution in [0, 0.1) is 0 Å². The largest absolute Gasteiger partial charge is 0.539 e. The third kappa shape index (κ3) is 2.49. The van der Waals surface area contributed by atoms with Crippen LogP contribution in [0.15, 0.2) is 53.2 Å². The van der Waals surface area contributed by atoms with Gasteiger partial charge < -0.3 is 19.5 Å². The zero-order valence-corrected chi connectivity index (χ0v) is 11.7. The molecule has 0 aliphatic carbocycles. The van der Waals surface area contributed by atoms with E-state index in [1.807, 2.05) is 0 Å². The van der Waals surface area contributed by atoms with Gasteiger partial charge in [-0.25, -0.2) is 0 Å².